The number of hydrogen-bond acceptors (Lipinski definition) is 7. The standard InChI is InChI=1S/C12H14ClNO7/c1-5-9(15)10(16)11(17)12(20-5)21-8-3-2-6(14(18)19)4-7(8)13/h2-5,9-12,15-17H,1H3/t5-,9+,10+,11-,12?/m0/s1. The van der Waals surface area contributed by atoms with E-state index in [1.54, 1.807) is 0 Å². The van der Waals surface area contributed by atoms with Crippen LogP contribution in [0.15, 0.2) is 18.2 Å². The molecule has 1 saturated heterocycles. The van der Waals surface area contributed by atoms with Gasteiger partial charge in [-0.15, -0.1) is 0 Å². The zero-order valence-corrected chi connectivity index (χ0v) is 11.7. The third kappa shape index (κ3) is 3.25. The zero-order valence-electron chi connectivity index (χ0n) is 10.9. The summed E-state index contributed by atoms with van der Waals surface area (Å²) in [6.45, 7) is 1.51. The smallest absolute Gasteiger partial charge is 0.271 e. The Kier molecular flexibility index (Phi) is 4.64. The lowest BCUT2D eigenvalue weighted by Crippen LogP contribution is -2.58. The molecule has 0 spiro atoms. The fraction of sp³-hybridized carbons (Fsp3) is 0.500. The average molecular weight is 320 g/mol. The summed E-state index contributed by atoms with van der Waals surface area (Å²) in [5, 5.41) is 39.6. The fourth-order valence-electron chi connectivity index (χ4n) is 1.93. The SMILES string of the molecule is C[C@@H]1OC(Oc2ccc([N+](=O)[O-])cc2Cl)[C@@H](O)[C@H](O)[C@@H]1O. The molecule has 5 atom stereocenters. The molecule has 9 heteroatoms. The summed E-state index contributed by atoms with van der Waals surface area (Å²) >= 11 is 5.86. The minimum absolute atomic E-state index is 0.0340. The van der Waals surface area contributed by atoms with Crippen molar-refractivity contribution in [2.24, 2.45) is 0 Å². The van der Waals surface area contributed by atoms with Gasteiger partial charge in [0, 0.05) is 12.1 Å². The van der Waals surface area contributed by atoms with Crippen LogP contribution in [-0.2, 0) is 4.74 Å². The molecule has 116 valence electrons. The molecule has 8 nitrogen and oxygen atoms in total. The first kappa shape index (κ1) is 15.9. The summed E-state index contributed by atoms with van der Waals surface area (Å²) in [6, 6.07) is 3.55. The van der Waals surface area contributed by atoms with Gasteiger partial charge in [0.25, 0.3) is 5.69 Å². The Morgan fingerprint density at radius 2 is 1.95 bits per heavy atom. The van der Waals surface area contributed by atoms with Gasteiger partial charge in [0.05, 0.1) is 16.0 Å². The molecule has 3 N–H and O–H groups in total. The molecule has 1 aliphatic heterocycles. The Labute approximate surface area is 124 Å². The molecule has 0 radical (unpaired) electrons. The molecule has 0 saturated carbocycles. The third-order valence-corrected chi connectivity index (χ3v) is 3.47. The number of non-ortho nitro benzene ring substituents is 1. The van der Waals surface area contributed by atoms with E-state index in [-0.39, 0.29) is 16.5 Å². The highest BCUT2D eigenvalue weighted by molar-refractivity contribution is 6.32. The predicted molar refractivity (Wildman–Crippen MR) is 71.1 cm³/mol. The number of hydrogen-bond donors (Lipinski definition) is 3. The summed E-state index contributed by atoms with van der Waals surface area (Å²) in [7, 11) is 0. The lowest BCUT2D eigenvalue weighted by Gasteiger charge is -2.38. The molecule has 1 fully saturated rings. The van der Waals surface area contributed by atoms with Gasteiger partial charge in [0.1, 0.15) is 24.1 Å². The fourth-order valence-corrected chi connectivity index (χ4v) is 2.15. The molecular formula is C12H14ClNO7. The van der Waals surface area contributed by atoms with Gasteiger partial charge in [-0.3, -0.25) is 10.1 Å². The summed E-state index contributed by atoms with van der Waals surface area (Å²) < 4.78 is 10.6. The van der Waals surface area contributed by atoms with E-state index in [0.717, 1.165) is 6.07 Å². The quantitative estimate of drug-likeness (QED) is 0.546. The Morgan fingerprint density at radius 1 is 1.29 bits per heavy atom. The largest absolute Gasteiger partial charge is 0.460 e. The minimum Gasteiger partial charge on any atom is -0.460 e. The number of benzene rings is 1. The van der Waals surface area contributed by atoms with E-state index in [1.165, 1.54) is 19.1 Å². The van der Waals surface area contributed by atoms with E-state index in [9.17, 15) is 25.4 Å². The number of ether oxygens (including phenoxy) is 2. The maximum atomic E-state index is 10.6. The van der Waals surface area contributed by atoms with Crippen LogP contribution in [-0.4, -0.2) is 50.9 Å². The first-order valence-corrected chi connectivity index (χ1v) is 6.49. The summed E-state index contributed by atoms with van der Waals surface area (Å²) in [4.78, 5) is 10.0. The number of rotatable bonds is 3. The maximum Gasteiger partial charge on any atom is 0.271 e. The minimum atomic E-state index is -1.48. The molecule has 0 bridgehead atoms. The van der Waals surface area contributed by atoms with Crippen molar-refractivity contribution in [2.75, 3.05) is 0 Å². The summed E-state index contributed by atoms with van der Waals surface area (Å²) in [6.07, 6.45) is -6.17. The Hall–Kier alpha value is -1.45. The van der Waals surface area contributed by atoms with Crippen molar-refractivity contribution in [3.63, 3.8) is 0 Å². The molecule has 1 unspecified atom stereocenters. The van der Waals surface area contributed by atoms with E-state index >= 15 is 0 Å². The van der Waals surface area contributed by atoms with Crippen LogP contribution in [0.5, 0.6) is 5.75 Å². The molecule has 0 aromatic heterocycles. The van der Waals surface area contributed by atoms with Gasteiger partial charge in [0.15, 0.2) is 0 Å². The van der Waals surface area contributed by atoms with Gasteiger partial charge in [-0.05, 0) is 13.0 Å². The van der Waals surface area contributed by atoms with Crippen LogP contribution in [0.2, 0.25) is 5.02 Å². The van der Waals surface area contributed by atoms with E-state index in [2.05, 4.69) is 0 Å². The summed E-state index contributed by atoms with van der Waals surface area (Å²) in [5.41, 5.74) is -0.207. The number of nitrogens with zero attached hydrogens (tertiary/aromatic N) is 1. The van der Waals surface area contributed by atoms with E-state index in [4.69, 9.17) is 21.1 Å². The average Bonchev–Trinajstić information content (AvgIpc) is 2.44. The molecular weight excluding hydrogens is 306 g/mol. The second-order valence-electron chi connectivity index (χ2n) is 4.67. The van der Waals surface area contributed by atoms with Crippen molar-refractivity contribution in [3.05, 3.63) is 33.3 Å². The van der Waals surface area contributed by atoms with Gasteiger partial charge in [-0.1, -0.05) is 11.6 Å². The first-order valence-electron chi connectivity index (χ1n) is 6.11. The van der Waals surface area contributed by atoms with Crippen LogP contribution >= 0.6 is 11.6 Å². The highest BCUT2D eigenvalue weighted by Gasteiger charge is 2.43. The molecule has 1 aliphatic rings. The first-order chi connectivity index (χ1) is 9.81. The topological polar surface area (TPSA) is 122 Å². The third-order valence-electron chi connectivity index (χ3n) is 3.18. The molecule has 21 heavy (non-hydrogen) atoms. The van der Waals surface area contributed by atoms with Crippen LogP contribution in [0.4, 0.5) is 5.69 Å². The van der Waals surface area contributed by atoms with E-state index in [0.29, 0.717) is 0 Å². The molecule has 1 aromatic rings. The Balaban J connectivity index is 2.16. The van der Waals surface area contributed by atoms with Gasteiger partial charge in [-0.25, -0.2) is 0 Å². The van der Waals surface area contributed by atoms with Crippen LogP contribution in [0.1, 0.15) is 6.92 Å². The molecule has 1 heterocycles. The number of nitro groups is 1. The molecule has 1 aromatic carbocycles. The van der Waals surface area contributed by atoms with Gasteiger partial charge in [0.2, 0.25) is 6.29 Å². The normalized spacial score (nSPS) is 32.7. The molecule has 2 rings (SSSR count). The van der Waals surface area contributed by atoms with Crippen molar-refractivity contribution < 1.29 is 29.7 Å². The van der Waals surface area contributed by atoms with E-state index < -0.39 is 35.6 Å². The monoisotopic (exact) mass is 319 g/mol. The van der Waals surface area contributed by atoms with E-state index in [1.807, 2.05) is 0 Å². The van der Waals surface area contributed by atoms with Crippen molar-refractivity contribution in [2.45, 2.75) is 37.6 Å². The van der Waals surface area contributed by atoms with Gasteiger partial charge >= 0.3 is 0 Å². The van der Waals surface area contributed by atoms with Crippen LogP contribution in [0.25, 0.3) is 0 Å². The molecule has 0 amide bonds. The molecule has 0 aliphatic carbocycles. The van der Waals surface area contributed by atoms with Crippen molar-refractivity contribution in [1.82, 2.24) is 0 Å². The van der Waals surface area contributed by atoms with Crippen molar-refractivity contribution in [1.29, 1.82) is 0 Å². The zero-order chi connectivity index (χ0) is 15.7. The Morgan fingerprint density at radius 3 is 2.52 bits per heavy atom. The van der Waals surface area contributed by atoms with Gasteiger partial charge in [-0.2, -0.15) is 0 Å². The number of aliphatic hydroxyl groups excluding tert-OH is 3. The van der Waals surface area contributed by atoms with Crippen molar-refractivity contribution in [3.8, 4) is 5.75 Å². The predicted octanol–water partition coefficient (Wildman–Crippen LogP) is 0.454. The van der Waals surface area contributed by atoms with Crippen molar-refractivity contribution >= 4 is 17.3 Å². The highest BCUT2D eigenvalue weighted by atomic mass is 35.5. The second kappa shape index (κ2) is 6.12. The van der Waals surface area contributed by atoms with Crippen LogP contribution in [0.3, 0.4) is 0 Å². The number of halogens is 1. The van der Waals surface area contributed by atoms with Crippen LogP contribution in [0, 0.1) is 10.1 Å². The maximum absolute atomic E-state index is 10.6. The highest BCUT2D eigenvalue weighted by Crippen LogP contribution is 2.31. The second-order valence-corrected chi connectivity index (χ2v) is 5.08. The lowest BCUT2D eigenvalue weighted by molar-refractivity contribution is -0.384. The number of nitro benzene ring substituents is 1. The lowest BCUT2D eigenvalue weighted by atomic mass is 10.00. The van der Waals surface area contributed by atoms with Crippen LogP contribution < -0.4 is 4.74 Å². The number of aliphatic hydroxyl groups is 3. The van der Waals surface area contributed by atoms with Gasteiger partial charge < -0.3 is 24.8 Å². The Bertz CT molecular complexity index is 540. The summed E-state index contributed by atoms with van der Waals surface area (Å²) in [5.74, 6) is 0.0575.